The summed E-state index contributed by atoms with van der Waals surface area (Å²) in [7, 11) is -12.9. The van der Waals surface area contributed by atoms with E-state index in [1.807, 2.05) is 86.7 Å². The maximum atomic E-state index is 14.6. The number of rotatable bonds is 29. The van der Waals surface area contributed by atoms with Crippen LogP contribution < -0.4 is 10.6 Å². The van der Waals surface area contributed by atoms with Gasteiger partial charge in [-0.1, -0.05) is 190 Å². The molecule has 0 aromatic heterocycles. The highest BCUT2D eigenvalue weighted by Gasteiger charge is 2.72. The summed E-state index contributed by atoms with van der Waals surface area (Å²) in [5.74, 6) is -0.844. The molecule has 6 saturated carbocycles. The van der Waals surface area contributed by atoms with E-state index in [2.05, 4.69) is 73.8 Å². The zero-order chi connectivity index (χ0) is 102. The third kappa shape index (κ3) is 27.7. The number of aliphatic hydroxyl groups is 4. The van der Waals surface area contributed by atoms with Crippen LogP contribution in [0.2, 0.25) is 75.5 Å². The molecule has 6 aliphatic carbocycles. The summed E-state index contributed by atoms with van der Waals surface area (Å²) in [6.45, 7) is 26.6. The average molecular weight is 1820 g/mol. The molecule has 10 nitrogen and oxygen atoms in total. The highest BCUT2D eigenvalue weighted by molar-refractivity contribution is 7.78. The van der Waals surface area contributed by atoms with Crippen molar-refractivity contribution in [1.29, 1.82) is 0 Å². The molecule has 8 rings (SSSR count). The number of carbonyl (C=O) groups is 1. The lowest BCUT2D eigenvalue weighted by molar-refractivity contribution is -0.347. The van der Waals surface area contributed by atoms with E-state index in [-0.39, 0.29) is 102 Å². The molecule has 0 aliphatic heterocycles. The van der Waals surface area contributed by atoms with Crippen LogP contribution in [0.4, 0.5) is 52.7 Å². The standard InChI is InChI=1S/C32H48F6O4.C32H51O3PSi2.C30H52F6O3Si2/c1-27(2,41)13-6-14-28(3,15-7-17-30(42,31(33,34)35)32(36,37)38)26-12-11-25-22(8-5-16-29(25,26)4)10-9-21-18-23(39)20-24(40)19-21;1-31(2,3)37(7,8)34-27-23-26(24-28(25-27)35-38(9,10)32(4,5)6)21-22-36(33,29-17-13-11-14-18-29)30-19-15-12-16-20-30;1-25(2,38-40(5,6)7)17-12-18-26(3,24-16-15-22-23(37)14-11-20-27(22,24)4)19-13-21-28(29(31,32)33,30(34,35)36)39-41(8,9)10/h7,9-10,17,23-26,39-42H,5-6,8,11-16,18-20H2,1-4H3;11-21,27-28H,22-25H2,1-10H3;13,21-22,24H,11-12,14-20H2,1-10H3/b17-7-,22-10+;;21-13-/t23-,24-,25?,26-,28?,29+;27-,28-;22?,24-,26?,27+/m111/s1/i1D3,2D3;;1D3,2D3. The Morgan fingerprint density at radius 1 is 0.521 bits per heavy atom. The summed E-state index contributed by atoms with van der Waals surface area (Å²) >= 11 is 0. The number of alkyl halides is 12. The molecule has 12 atom stereocenters. The first-order valence-electron chi connectivity index (χ1n) is 49.2. The fraction of sp³-hybridized carbons (Fsp3) is 0.755. The summed E-state index contributed by atoms with van der Waals surface area (Å²) < 4.78 is 301. The van der Waals surface area contributed by atoms with E-state index in [0.717, 1.165) is 59.9 Å². The first-order valence-corrected chi connectivity index (χ1v) is 57.8. The van der Waals surface area contributed by atoms with Crippen LogP contribution in [0.3, 0.4) is 0 Å². The minimum atomic E-state index is -6.06. The molecule has 0 amide bonds. The summed E-state index contributed by atoms with van der Waals surface area (Å²) in [5, 5.41) is 42.9. The van der Waals surface area contributed by atoms with E-state index in [4.69, 9.17) is 34.2 Å². The van der Waals surface area contributed by atoms with Gasteiger partial charge in [0.05, 0.1) is 35.6 Å². The van der Waals surface area contributed by atoms with Crippen molar-refractivity contribution in [3.05, 3.63) is 120 Å². The number of Topliss-reactive ketones (excluding diaryl/α,β-unsaturated/α-hetero) is 1. The molecule has 0 bridgehead atoms. The molecule has 0 heterocycles. The molecule has 4 unspecified atom stereocenters. The Labute approximate surface area is 739 Å². The Kier molecular flexibility index (Phi) is 28.9. The van der Waals surface area contributed by atoms with E-state index < -0.39 is 162 Å². The highest BCUT2D eigenvalue weighted by atomic mass is 31.2. The molecule has 692 valence electrons. The molecule has 4 N–H and O–H groups in total. The molecule has 2 aromatic carbocycles. The van der Waals surface area contributed by atoms with Gasteiger partial charge in [0.1, 0.15) is 12.9 Å². The molecule has 6 aliphatic rings. The SMILES string of the molecule is CC(C)(C)[Si](C)(C)O[C@@H]1CC(=CCP(=O)(c2ccccc2)c2ccccc2)C[C@@H](O[Si](C)(C)C(C)(C)C)C1.[2H]C([2H])([2H])C(CCCC(C)(C/C=C\C(O[Si](C)(C)C)(C(F)(F)F)C(F)(F)F)[C@H]1CCC2C(=O)CCC[C@@]21C)(O[Si](C)(C)C)C([2H])([2H])[2H].[2H]C([2H])([2H])C(O)(CCCC(C)(C/C=C\C(O)(C(F)(F)F)C(F)(F)F)[C@H]1CCC2/C(=C/C=C3C[C@@H](O)C[C@H](O)C3)CCC[C@@]21C)C([2H])([2H])[2H]. The van der Waals surface area contributed by atoms with Gasteiger partial charge in [0.15, 0.2) is 33.3 Å². The first kappa shape index (κ1) is 88.4. The van der Waals surface area contributed by atoms with Crippen molar-refractivity contribution in [1.82, 2.24) is 0 Å². The zero-order valence-corrected chi connectivity index (χ0v) is 80.2. The molecule has 121 heavy (non-hydrogen) atoms. The number of halogens is 12. The second kappa shape index (κ2) is 39.6. The summed E-state index contributed by atoms with van der Waals surface area (Å²) in [6.07, 6.45) is -8.79. The fourth-order valence-corrected chi connectivity index (χ4v) is 27.5. The van der Waals surface area contributed by atoms with Gasteiger partial charge in [-0.15, -0.1) is 0 Å². The van der Waals surface area contributed by atoms with Crippen LogP contribution in [-0.4, -0.2) is 137 Å². The van der Waals surface area contributed by atoms with E-state index in [1.54, 1.807) is 33.5 Å². The summed E-state index contributed by atoms with van der Waals surface area (Å²) in [4.78, 5) is 12.9. The third-order valence-electron chi connectivity index (χ3n) is 27.7. The lowest BCUT2D eigenvalue weighted by Gasteiger charge is -2.49. The van der Waals surface area contributed by atoms with Crippen molar-refractivity contribution in [3.63, 3.8) is 0 Å². The van der Waals surface area contributed by atoms with Gasteiger partial charge in [0, 0.05) is 45.6 Å². The van der Waals surface area contributed by atoms with Gasteiger partial charge < -0.3 is 42.7 Å². The monoisotopic (exact) mass is 1820 g/mol. The van der Waals surface area contributed by atoms with E-state index >= 15 is 0 Å². The molecule has 0 saturated heterocycles. The number of hydrogen-bond donors (Lipinski definition) is 4. The van der Waals surface area contributed by atoms with Gasteiger partial charge in [0.2, 0.25) is 0 Å². The maximum Gasteiger partial charge on any atom is 0.429 e. The van der Waals surface area contributed by atoms with Crippen LogP contribution in [0.15, 0.2) is 120 Å². The second-order valence-corrected chi connectivity index (χ2v) is 63.3. The van der Waals surface area contributed by atoms with Crippen LogP contribution in [0, 0.1) is 45.3 Å². The predicted octanol–water partition coefficient (Wildman–Crippen LogP) is 26.8. The molecule has 2 aromatic rings. The number of ketones is 1. The van der Waals surface area contributed by atoms with Crippen molar-refractivity contribution >= 4 is 56.8 Å². The number of allylic oxidation sites excluding steroid dienone is 6. The van der Waals surface area contributed by atoms with Crippen molar-refractivity contribution in [2.45, 2.75) is 398 Å². The zero-order valence-electron chi connectivity index (χ0n) is 87.3. The largest absolute Gasteiger partial charge is 0.429 e. The van der Waals surface area contributed by atoms with E-state index in [9.17, 15) is 82.5 Å². The van der Waals surface area contributed by atoms with E-state index in [0.29, 0.717) is 82.9 Å². The number of carbonyl (C=O) groups excluding carboxylic acids is 1. The van der Waals surface area contributed by atoms with Gasteiger partial charge in [-0.2, -0.15) is 52.7 Å². The van der Waals surface area contributed by atoms with Crippen LogP contribution >= 0.6 is 7.14 Å². The molecule has 0 spiro atoms. The van der Waals surface area contributed by atoms with E-state index in [1.165, 1.54) is 25.2 Å². The molecule has 6 fully saturated rings. The predicted molar refractivity (Wildman–Crippen MR) is 477 cm³/mol. The molecule has 0 radical (unpaired) electrons. The Morgan fingerprint density at radius 3 is 1.37 bits per heavy atom. The normalized spacial score (nSPS) is 28.5. The van der Waals surface area contributed by atoms with Crippen molar-refractivity contribution < 1.29 is 117 Å². The van der Waals surface area contributed by atoms with Gasteiger partial charge >= 0.3 is 24.7 Å². The topological polar surface area (TPSA) is 152 Å². The molecular weight excluding hydrogens is 1660 g/mol. The van der Waals surface area contributed by atoms with Crippen LogP contribution in [0.25, 0.3) is 0 Å². The number of hydrogen-bond acceptors (Lipinski definition) is 10. The van der Waals surface area contributed by atoms with Gasteiger partial charge in [-0.25, -0.2) is 0 Å². The van der Waals surface area contributed by atoms with Crippen LogP contribution in [0.5, 0.6) is 0 Å². The Hall–Kier alpha value is -3.25. The van der Waals surface area contributed by atoms with Gasteiger partial charge in [0.25, 0.3) is 11.2 Å². The number of fused-ring (bicyclic) bond motifs is 2. The minimum Gasteiger partial charge on any atom is -0.414 e. The summed E-state index contributed by atoms with van der Waals surface area (Å²) in [6, 6.07) is 20.0. The maximum absolute atomic E-state index is 14.6. The van der Waals surface area contributed by atoms with Gasteiger partial charge in [-0.3, -0.25) is 4.79 Å². The minimum absolute atomic E-state index is 0.00110. The average Bonchev–Trinajstić information content (AvgIpc) is 1.41. The highest BCUT2D eigenvalue weighted by Crippen LogP contribution is 2.66. The van der Waals surface area contributed by atoms with Crippen LogP contribution in [0.1, 0.15) is 267 Å². The number of benzene rings is 2. The molecule has 27 heteroatoms. The number of aliphatic hydroxyl groups excluding tert-OH is 2. The first-order chi connectivity index (χ1) is 59.7. The quantitative estimate of drug-likeness (QED) is 0.0268. The van der Waals surface area contributed by atoms with Crippen molar-refractivity contribution in [2.75, 3.05) is 6.16 Å². The lowest BCUT2D eigenvalue weighted by Crippen LogP contribution is -2.61. The Morgan fingerprint density at radius 2 is 0.950 bits per heavy atom. The Bertz CT molecular complexity index is 4230. The fourth-order valence-electron chi connectivity index (χ4n) is 19.8. The third-order valence-corrected chi connectivity index (χ3v) is 41.6. The Balaban J connectivity index is 0.000000309. The van der Waals surface area contributed by atoms with Crippen LogP contribution in [-0.2, 0) is 27.1 Å². The summed E-state index contributed by atoms with van der Waals surface area (Å²) in [5.41, 5.74) is -15.1. The lowest BCUT2D eigenvalue weighted by atomic mass is 9.55. The smallest absolute Gasteiger partial charge is 0.414 e. The van der Waals surface area contributed by atoms with Crippen molar-refractivity contribution in [3.8, 4) is 0 Å². The van der Waals surface area contributed by atoms with Crippen molar-refractivity contribution in [2.24, 2.45) is 45.3 Å². The van der Waals surface area contributed by atoms with Gasteiger partial charge in [-0.05, 0) is 289 Å². The second-order valence-electron chi connectivity index (χ2n) is 42.0. The molecular formula is C94H151F12O10PSi4.